The fraction of sp³-hybridized carbons (Fsp3) is 0.400. The summed E-state index contributed by atoms with van der Waals surface area (Å²) >= 11 is 0. The van der Waals surface area contributed by atoms with Gasteiger partial charge in [0.25, 0.3) is 0 Å². The molecule has 1 aromatic rings. The van der Waals surface area contributed by atoms with Gasteiger partial charge in [-0.3, -0.25) is 14.5 Å². The first-order valence-corrected chi connectivity index (χ1v) is 6.69. The molecule has 0 saturated carbocycles. The highest BCUT2D eigenvalue weighted by atomic mass is 16.5. The molecule has 1 aliphatic rings. The van der Waals surface area contributed by atoms with E-state index < -0.39 is 29.7 Å². The average molecular weight is 291 g/mol. The van der Waals surface area contributed by atoms with Crippen LogP contribution in [0.2, 0.25) is 0 Å². The molecule has 1 N–H and O–H groups in total. The highest BCUT2D eigenvalue weighted by Gasteiger charge is 2.45. The van der Waals surface area contributed by atoms with Crippen LogP contribution in [0.5, 0.6) is 0 Å². The summed E-state index contributed by atoms with van der Waals surface area (Å²) in [6.07, 6.45) is 0.102. The predicted octanol–water partition coefficient (Wildman–Crippen LogP) is 1.02. The number of rotatable bonds is 6. The van der Waals surface area contributed by atoms with Gasteiger partial charge in [0.2, 0.25) is 11.8 Å². The maximum absolute atomic E-state index is 12.4. The van der Waals surface area contributed by atoms with E-state index in [9.17, 15) is 19.5 Å². The third-order valence-corrected chi connectivity index (χ3v) is 3.58. The lowest BCUT2D eigenvalue weighted by atomic mass is 9.98. The minimum atomic E-state index is -1.19. The Labute approximate surface area is 122 Å². The van der Waals surface area contributed by atoms with Crippen LogP contribution >= 0.6 is 0 Å². The number of methoxy groups -OCH3 is 1. The number of carbonyl (C=O) groups is 3. The molecule has 6 heteroatoms. The molecule has 1 fully saturated rings. The summed E-state index contributed by atoms with van der Waals surface area (Å²) < 4.78 is 4.85. The molecule has 21 heavy (non-hydrogen) atoms. The van der Waals surface area contributed by atoms with Gasteiger partial charge >= 0.3 is 5.97 Å². The van der Waals surface area contributed by atoms with Crippen molar-refractivity contribution in [2.75, 3.05) is 13.7 Å². The summed E-state index contributed by atoms with van der Waals surface area (Å²) in [5.41, 5.74) is 0.731. The number of benzene rings is 1. The van der Waals surface area contributed by atoms with Gasteiger partial charge in [-0.05, 0) is 5.56 Å². The van der Waals surface area contributed by atoms with Gasteiger partial charge in [-0.15, -0.1) is 0 Å². The van der Waals surface area contributed by atoms with Crippen molar-refractivity contribution in [3.8, 4) is 0 Å². The lowest BCUT2D eigenvalue weighted by Crippen LogP contribution is -2.45. The van der Waals surface area contributed by atoms with E-state index in [-0.39, 0.29) is 19.4 Å². The van der Waals surface area contributed by atoms with Gasteiger partial charge < -0.3 is 9.84 Å². The first-order chi connectivity index (χ1) is 10.1. The Morgan fingerprint density at radius 1 is 1.38 bits per heavy atom. The molecule has 0 radical (unpaired) electrons. The Morgan fingerprint density at radius 2 is 2.05 bits per heavy atom. The number of amides is 2. The Hall–Kier alpha value is -2.21. The smallest absolute Gasteiger partial charge is 0.327 e. The van der Waals surface area contributed by atoms with Crippen LogP contribution in [0.4, 0.5) is 0 Å². The minimum Gasteiger partial charge on any atom is -0.480 e. The molecular formula is C15H17NO5. The number of hydrogen-bond acceptors (Lipinski definition) is 4. The summed E-state index contributed by atoms with van der Waals surface area (Å²) in [5.74, 6) is -2.68. The maximum Gasteiger partial charge on any atom is 0.327 e. The van der Waals surface area contributed by atoms with Crippen LogP contribution in [0, 0.1) is 0 Å². The number of imide groups is 1. The molecule has 1 heterocycles. The average Bonchev–Trinajstić information content (AvgIpc) is 2.76. The van der Waals surface area contributed by atoms with Crippen molar-refractivity contribution in [1.82, 2.24) is 4.90 Å². The molecule has 112 valence electrons. The Morgan fingerprint density at radius 3 is 2.62 bits per heavy atom. The fourth-order valence-corrected chi connectivity index (χ4v) is 2.52. The van der Waals surface area contributed by atoms with E-state index in [1.165, 1.54) is 7.11 Å². The van der Waals surface area contributed by atoms with Crippen molar-refractivity contribution in [1.29, 1.82) is 0 Å². The van der Waals surface area contributed by atoms with E-state index in [0.717, 1.165) is 10.5 Å². The number of ether oxygens (including phenoxy) is 1. The number of carbonyl (C=O) groups excluding carboxylic acids is 2. The molecule has 1 aliphatic heterocycles. The zero-order valence-electron chi connectivity index (χ0n) is 11.7. The van der Waals surface area contributed by atoms with Crippen LogP contribution in [0.1, 0.15) is 24.3 Å². The van der Waals surface area contributed by atoms with Crippen LogP contribution in [-0.4, -0.2) is 47.5 Å². The third kappa shape index (κ3) is 3.11. The zero-order chi connectivity index (χ0) is 15.4. The molecule has 0 aliphatic carbocycles. The second kappa shape index (κ2) is 6.49. The van der Waals surface area contributed by atoms with Crippen molar-refractivity contribution in [3.63, 3.8) is 0 Å². The number of carboxylic acids is 1. The minimum absolute atomic E-state index is 0.0135. The van der Waals surface area contributed by atoms with Gasteiger partial charge in [-0.25, -0.2) is 4.79 Å². The topological polar surface area (TPSA) is 83.9 Å². The summed E-state index contributed by atoms with van der Waals surface area (Å²) in [6.45, 7) is 0.171. The number of carboxylic acid groups (broad SMARTS) is 1. The van der Waals surface area contributed by atoms with Crippen molar-refractivity contribution in [3.05, 3.63) is 35.9 Å². The van der Waals surface area contributed by atoms with Crippen molar-refractivity contribution >= 4 is 17.8 Å². The first-order valence-electron chi connectivity index (χ1n) is 6.69. The van der Waals surface area contributed by atoms with Crippen molar-refractivity contribution in [2.45, 2.75) is 24.8 Å². The van der Waals surface area contributed by atoms with E-state index in [1.54, 1.807) is 24.3 Å². The molecule has 1 aromatic carbocycles. The number of likely N-dealkylation sites (tertiary alicyclic amines) is 1. The van der Waals surface area contributed by atoms with Gasteiger partial charge in [-0.2, -0.15) is 0 Å². The number of nitrogens with zero attached hydrogens (tertiary/aromatic N) is 1. The molecule has 6 nitrogen and oxygen atoms in total. The molecule has 2 atom stereocenters. The van der Waals surface area contributed by atoms with Crippen LogP contribution in [0.25, 0.3) is 0 Å². The van der Waals surface area contributed by atoms with Crippen LogP contribution in [0.15, 0.2) is 30.3 Å². The highest BCUT2D eigenvalue weighted by Crippen LogP contribution is 2.31. The fourth-order valence-electron chi connectivity index (χ4n) is 2.52. The Kier molecular flexibility index (Phi) is 4.70. The van der Waals surface area contributed by atoms with E-state index in [0.29, 0.717) is 0 Å². The largest absolute Gasteiger partial charge is 0.480 e. The quantitative estimate of drug-likeness (QED) is 0.791. The van der Waals surface area contributed by atoms with Gasteiger partial charge in [-0.1, -0.05) is 30.3 Å². The van der Waals surface area contributed by atoms with Crippen LogP contribution in [-0.2, 0) is 19.1 Å². The SMILES string of the molecule is COCCC(C(=O)O)N1C(=O)CC(c2ccccc2)C1=O. The molecule has 2 unspecified atom stereocenters. The van der Waals surface area contributed by atoms with Gasteiger partial charge in [0.1, 0.15) is 6.04 Å². The maximum atomic E-state index is 12.4. The van der Waals surface area contributed by atoms with Crippen LogP contribution in [0.3, 0.4) is 0 Å². The van der Waals surface area contributed by atoms with Crippen molar-refractivity contribution < 1.29 is 24.2 Å². The second-order valence-corrected chi connectivity index (χ2v) is 4.90. The molecule has 2 rings (SSSR count). The van der Waals surface area contributed by atoms with Crippen LogP contribution < -0.4 is 0 Å². The molecule has 0 spiro atoms. The van der Waals surface area contributed by atoms with Gasteiger partial charge in [0.15, 0.2) is 0 Å². The normalized spacial score (nSPS) is 19.9. The zero-order valence-corrected chi connectivity index (χ0v) is 11.7. The van der Waals surface area contributed by atoms with E-state index >= 15 is 0 Å². The molecule has 1 saturated heterocycles. The lowest BCUT2D eigenvalue weighted by Gasteiger charge is -2.22. The number of hydrogen-bond donors (Lipinski definition) is 1. The van der Waals surface area contributed by atoms with Gasteiger partial charge in [0.05, 0.1) is 5.92 Å². The molecular weight excluding hydrogens is 274 g/mol. The molecule has 2 amide bonds. The van der Waals surface area contributed by atoms with E-state index in [4.69, 9.17) is 4.74 Å². The van der Waals surface area contributed by atoms with Crippen molar-refractivity contribution in [2.24, 2.45) is 0 Å². The second-order valence-electron chi connectivity index (χ2n) is 4.90. The monoisotopic (exact) mass is 291 g/mol. The first kappa shape index (κ1) is 15.2. The summed E-state index contributed by atoms with van der Waals surface area (Å²) in [6, 6.07) is 7.76. The Balaban J connectivity index is 2.23. The molecule has 0 aromatic heterocycles. The van der Waals surface area contributed by atoms with E-state index in [2.05, 4.69) is 0 Å². The standard InChI is InChI=1S/C15H17NO5/c1-21-8-7-12(15(19)20)16-13(17)9-11(14(16)18)10-5-3-2-4-6-10/h2-6,11-12H,7-9H2,1H3,(H,19,20). The van der Waals surface area contributed by atoms with E-state index in [1.807, 2.05) is 6.07 Å². The van der Waals surface area contributed by atoms with Gasteiger partial charge in [0, 0.05) is 26.6 Å². The Bertz CT molecular complexity index is 542. The number of aliphatic carboxylic acids is 1. The summed E-state index contributed by atoms with van der Waals surface area (Å²) in [5, 5.41) is 9.25. The summed E-state index contributed by atoms with van der Waals surface area (Å²) in [7, 11) is 1.44. The lowest BCUT2D eigenvalue weighted by molar-refractivity contribution is -0.155. The summed E-state index contributed by atoms with van der Waals surface area (Å²) in [4.78, 5) is 36.7. The predicted molar refractivity (Wildman–Crippen MR) is 73.6 cm³/mol. The third-order valence-electron chi connectivity index (χ3n) is 3.58. The molecule has 0 bridgehead atoms. The highest BCUT2D eigenvalue weighted by molar-refractivity contribution is 6.08.